The number of para-hydroxylation sites is 1. The van der Waals surface area contributed by atoms with Crippen LogP contribution in [-0.2, 0) is 14.8 Å². The van der Waals surface area contributed by atoms with E-state index in [0.29, 0.717) is 12.3 Å². The number of hydrogen-bond donors (Lipinski definition) is 1. The molecule has 0 radical (unpaired) electrons. The summed E-state index contributed by atoms with van der Waals surface area (Å²) in [6.45, 7) is -0.139. The highest BCUT2D eigenvalue weighted by Gasteiger charge is 2.29. The largest absolute Gasteiger partial charge is 0.354 e. The Hall–Kier alpha value is -2.36. The molecule has 0 spiro atoms. The maximum absolute atomic E-state index is 14.3. The number of nitrogens with zero attached hydrogens (tertiary/aromatic N) is 1. The lowest BCUT2D eigenvalue weighted by molar-refractivity contribution is -0.119. The molecule has 29 heavy (non-hydrogen) atoms. The monoisotopic (exact) mass is 450 g/mol. The van der Waals surface area contributed by atoms with E-state index in [0.717, 1.165) is 20.5 Å². The molecule has 0 aliphatic rings. The van der Waals surface area contributed by atoms with Crippen LogP contribution in [0.2, 0.25) is 0 Å². The molecular weight excluding hydrogens is 431 g/mol. The lowest BCUT2D eigenvalue weighted by Crippen LogP contribution is -2.41. The van der Waals surface area contributed by atoms with Crippen LogP contribution in [-0.4, -0.2) is 33.2 Å². The van der Waals surface area contributed by atoms with E-state index in [9.17, 15) is 17.6 Å². The smallest absolute Gasteiger partial charge is 0.274 e. The Labute approximate surface area is 177 Å². The zero-order valence-electron chi connectivity index (χ0n) is 15.3. The van der Waals surface area contributed by atoms with E-state index in [4.69, 9.17) is 0 Å². The molecule has 0 aliphatic carbocycles. The Kier molecular flexibility index (Phi) is 7.29. The van der Waals surface area contributed by atoms with Gasteiger partial charge in [0.2, 0.25) is 5.91 Å². The number of carbonyl (C=O) groups excluding carboxylic acids is 1. The maximum Gasteiger partial charge on any atom is 0.274 e. The van der Waals surface area contributed by atoms with Gasteiger partial charge in [-0.25, -0.2) is 12.8 Å². The summed E-state index contributed by atoms with van der Waals surface area (Å²) in [5, 5.41) is 4.32. The third-order valence-corrected chi connectivity index (χ3v) is 8.03. The molecule has 1 heterocycles. The van der Waals surface area contributed by atoms with Gasteiger partial charge in [0.25, 0.3) is 10.0 Å². The van der Waals surface area contributed by atoms with Crippen molar-refractivity contribution in [3.63, 3.8) is 0 Å². The molecule has 9 heteroatoms. The minimum absolute atomic E-state index is 0.0492. The Morgan fingerprint density at radius 3 is 2.45 bits per heavy atom. The molecule has 0 saturated heterocycles. The van der Waals surface area contributed by atoms with Crippen LogP contribution in [0.5, 0.6) is 0 Å². The summed E-state index contributed by atoms with van der Waals surface area (Å²) in [4.78, 5) is 13.5. The van der Waals surface area contributed by atoms with Gasteiger partial charge in [0.15, 0.2) is 0 Å². The number of nitrogens with one attached hydrogen (secondary N) is 1. The molecule has 0 bridgehead atoms. The summed E-state index contributed by atoms with van der Waals surface area (Å²) < 4.78 is 41.1. The third kappa shape index (κ3) is 5.59. The van der Waals surface area contributed by atoms with Crippen LogP contribution in [0.1, 0.15) is 0 Å². The second-order valence-electron chi connectivity index (χ2n) is 5.91. The molecule has 0 atom stereocenters. The van der Waals surface area contributed by atoms with Gasteiger partial charge in [-0.3, -0.25) is 9.10 Å². The van der Waals surface area contributed by atoms with Crippen molar-refractivity contribution in [2.24, 2.45) is 0 Å². The number of anilines is 1. The van der Waals surface area contributed by atoms with Gasteiger partial charge in [-0.05, 0) is 35.7 Å². The highest BCUT2D eigenvalue weighted by atomic mass is 32.2. The first-order chi connectivity index (χ1) is 14.0. The van der Waals surface area contributed by atoms with E-state index >= 15 is 0 Å². The number of thioether (sulfide) groups is 1. The fourth-order valence-corrected chi connectivity index (χ4v) is 5.86. The van der Waals surface area contributed by atoms with Crippen molar-refractivity contribution in [1.82, 2.24) is 5.32 Å². The van der Waals surface area contributed by atoms with Crippen LogP contribution in [0.3, 0.4) is 0 Å². The van der Waals surface area contributed by atoms with Crippen molar-refractivity contribution >= 4 is 44.7 Å². The lowest BCUT2D eigenvalue weighted by atomic mass is 10.3. The maximum atomic E-state index is 14.3. The SMILES string of the molecule is O=C(CN(c1ccccc1F)S(=O)(=O)c1cccs1)NCCSc1ccccc1. The van der Waals surface area contributed by atoms with Gasteiger partial charge < -0.3 is 5.32 Å². The Balaban J connectivity index is 1.68. The number of rotatable bonds is 9. The number of sulfonamides is 1. The minimum Gasteiger partial charge on any atom is -0.354 e. The topological polar surface area (TPSA) is 66.5 Å². The molecule has 0 unspecified atom stereocenters. The van der Waals surface area contributed by atoms with Gasteiger partial charge in [-0.15, -0.1) is 23.1 Å². The first kappa shape index (κ1) is 21.4. The first-order valence-corrected chi connectivity index (χ1v) is 12.0. The van der Waals surface area contributed by atoms with Crippen molar-refractivity contribution in [3.05, 3.63) is 77.9 Å². The highest BCUT2D eigenvalue weighted by molar-refractivity contribution is 7.99. The summed E-state index contributed by atoms with van der Waals surface area (Å²) >= 11 is 2.60. The van der Waals surface area contributed by atoms with Crippen LogP contribution in [0.15, 0.2) is 81.2 Å². The summed E-state index contributed by atoms with van der Waals surface area (Å²) in [6, 6.07) is 18.3. The summed E-state index contributed by atoms with van der Waals surface area (Å²) in [6.07, 6.45) is 0. The molecular formula is C20H19FN2O3S3. The van der Waals surface area contributed by atoms with Gasteiger partial charge in [0.05, 0.1) is 5.69 Å². The summed E-state index contributed by atoms with van der Waals surface area (Å²) in [7, 11) is -4.06. The molecule has 0 saturated carbocycles. The lowest BCUT2D eigenvalue weighted by Gasteiger charge is -2.23. The predicted octanol–water partition coefficient (Wildman–Crippen LogP) is 3.99. The Bertz CT molecular complexity index is 1040. The highest BCUT2D eigenvalue weighted by Crippen LogP contribution is 2.28. The van der Waals surface area contributed by atoms with Gasteiger partial charge in [-0.2, -0.15) is 0 Å². The van der Waals surface area contributed by atoms with E-state index < -0.39 is 28.3 Å². The van der Waals surface area contributed by atoms with Crippen molar-refractivity contribution < 1.29 is 17.6 Å². The Morgan fingerprint density at radius 2 is 1.76 bits per heavy atom. The van der Waals surface area contributed by atoms with Crippen LogP contribution in [0, 0.1) is 5.82 Å². The van der Waals surface area contributed by atoms with Gasteiger partial charge in [0, 0.05) is 17.2 Å². The number of carbonyl (C=O) groups is 1. The second kappa shape index (κ2) is 9.91. The second-order valence-corrected chi connectivity index (χ2v) is 10.1. The third-order valence-electron chi connectivity index (χ3n) is 3.88. The standard InChI is InChI=1S/C20H19FN2O3S3/c21-17-9-4-5-10-18(17)23(29(25,26)20-11-6-13-28-20)15-19(24)22-12-14-27-16-7-2-1-3-8-16/h1-11,13H,12,14-15H2,(H,22,24). The molecule has 1 N–H and O–H groups in total. The zero-order valence-corrected chi connectivity index (χ0v) is 17.8. The van der Waals surface area contributed by atoms with E-state index in [1.807, 2.05) is 30.3 Å². The molecule has 0 aliphatic heterocycles. The number of halogens is 1. The van der Waals surface area contributed by atoms with E-state index in [1.165, 1.54) is 30.3 Å². The van der Waals surface area contributed by atoms with E-state index in [2.05, 4.69) is 5.32 Å². The first-order valence-electron chi connectivity index (χ1n) is 8.74. The molecule has 3 aromatic rings. The normalized spacial score (nSPS) is 11.2. The number of thiophene rings is 1. The molecule has 1 amide bonds. The summed E-state index contributed by atoms with van der Waals surface area (Å²) in [5.74, 6) is -0.574. The van der Waals surface area contributed by atoms with E-state index in [1.54, 1.807) is 23.2 Å². The van der Waals surface area contributed by atoms with Gasteiger partial charge in [0.1, 0.15) is 16.6 Å². The zero-order chi connectivity index (χ0) is 20.7. The molecule has 1 aromatic heterocycles. The molecule has 0 fully saturated rings. The molecule has 3 rings (SSSR count). The van der Waals surface area contributed by atoms with Crippen molar-refractivity contribution in [2.75, 3.05) is 23.1 Å². The van der Waals surface area contributed by atoms with Crippen LogP contribution in [0.25, 0.3) is 0 Å². The number of hydrogen-bond acceptors (Lipinski definition) is 5. The number of benzene rings is 2. The Morgan fingerprint density at radius 1 is 1.03 bits per heavy atom. The van der Waals surface area contributed by atoms with Crippen LogP contribution >= 0.6 is 23.1 Å². The quantitative estimate of drug-likeness (QED) is 0.395. The minimum atomic E-state index is -4.06. The van der Waals surface area contributed by atoms with Crippen LogP contribution in [0.4, 0.5) is 10.1 Å². The van der Waals surface area contributed by atoms with Crippen LogP contribution < -0.4 is 9.62 Å². The average Bonchev–Trinajstić information content (AvgIpc) is 3.27. The predicted molar refractivity (Wildman–Crippen MR) is 115 cm³/mol. The molecule has 152 valence electrons. The number of amides is 1. The fourth-order valence-electron chi connectivity index (χ4n) is 2.53. The fraction of sp³-hybridized carbons (Fsp3) is 0.150. The summed E-state index contributed by atoms with van der Waals surface area (Å²) in [5.41, 5.74) is -0.158. The van der Waals surface area contributed by atoms with Crippen molar-refractivity contribution in [2.45, 2.75) is 9.10 Å². The average molecular weight is 451 g/mol. The van der Waals surface area contributed by atoms with E-state index in [-0.39, 0.29) is 9.90 Å². The van der Waals surface area contributed by atoms with Gasteiger partial charge >= 0.3 is 0 Å². The van der Waals surface area contributed by atoms with Crippen molar-refractivity contribution in [1.29, 1.82) is 0 Å². The molecule has 5 nitrogen and oxygen atoms in total. The van der Waals surface area contributed by atoms with Crippen molar-refractivity contribution in [3.8, 4) is 0 Å². The molecule has 2 aromatic carbocycles. The van der Waals surface area contributed by atoms with Gasteiger partial charge in [-0.1, -0.05) is 36.4 Å².